The maximum Gasteiger partial charge on any atom is 0.277 e. The van der Waals surface area contributed by atoms with Crippen molar-refractivity contribution in [2.75, 3.05) is 0 Å². The lowest BCUT2D eigenvalue weighted by atomic mass is 10.1. The second-order valence-corrected chi connectivity index (χ2v) is 5.00. The molecule has 20 heavy (non-hydrogen) atoms. The molecule has 0 spiro atoms. The average Bonchev–Trinajstić information content (AvgIpc) is 2.82. The summed E-state index contributed by atoms with van der Waals surface area (Å²) in [7, 11) is 0. The second-order valence-electron chi connectivity index (χ2n) is 5.00. The van der Waals surface area contributed by atoms with Crippen molar-refractivity contribution in [1.82, 2.24) is 4.98 Å². The van der Waals surface area contributed by atoms with E-state index in [1.54, 1.807) is 6.08 Å². The lowest BCUT2D eigenvalue weighted by Crippen LogP contribution is -2.12. The Kier molecular flexibility index (Phi) is 3.82. The number of allylic oxidation sites excluding steroid dienone is 1. The Bertz CT molecular complexity index is 745. The smallest absolute Gasteiger partial charge is 0.277 e. The predicted octanol–water partition coefficient (Wildman–Crippen LogP) is 1.83. The first kappa shape index (κ1) is 14.2. The van der Waals surface area contributed by atoms with Crippen molar-refractivity contribution in [1.29, 1.82) is 0 Å². The van der Waals surface area contributed by atoms with Gasteiger partial charge >= 0.3 is 0 Å². The van der Waals surface area contributed by atoms with E-state index in [2.05, 4.69) is 23.5 Å². The van der Waals surface area contributed by atoms with Crippen LogP contribution < -0.4 is 10.7 Å². The van der Waals surface area contributed by atoms with E-state index in [-0.39, 0.29) is 5.91 Å². The molecule has 1 N–H and O–H groups in total. The molecule has 0 atom stereocenters. The van der Waals surface area contributed by atoms with Crippen molar-refractivity contribution in [2.24, 2.45) is 4.99 Å². The summed E-state index contributed by atoms with van der Waals surface area (Å²) in [4.78, 5) is 18.9. The first-order valence-electron chi connectivity index (χ1n) is 6.77. The molecule has 3 nitrogen and oxygen atoms in total. The summed E-state index contributed by atoms with van der Waals surface area (Å²) in [6, 6.07) is 0. The maximum absolute atomic E-state index is 11.7. The van der Waals surface area contributed by atoms with Gasteiger partial charge in [-0.15, -0.1) is 0 Å². The second kappa shape index (κ2) is 5.40. The third kappa shape index (κ3) is 2.28. The van der Waals surface area contributed by atoms with Crippen molar-refractivity contribution in [3.8, 4) is 0 Å². The number of nitrogens with one attached hydrogen (secondary N) is 1. The molecule has 102 valence electrons. The number of carbonyl (C=O) groups is 1. The van der Waals surface area contributed by atoms with Gasteiger partial charge in [0, 0.05) is 12.0 Å². The van der Waals surface area contributed by atoms with Crippen LogP contribution in [0.25, 0.3) is 12.7 Å². The molecule has 0 saturated carbocycles. The molecule has 1 amide bonds. The SMILES string of the molecule is [CH+]=c1[nH]c(=CC2=NC(=O)C(C=C)=C2C)c(C)c1CCC. The molecule has 0 aromatic carbocycles. The summed E-state index contributed by atoms with van der Waals surface area (Å²) < 4.78 is 0. The van der Waals surface area contributed by atoms with Gasteiger partial charge in [0.25, 0.3) is 11.3 Å². The van der Waals surface area contributed by atoms with Crippen LogP contribution in [-0.2, 0) is 11.2 Å². The molecule has 0 aliphatic carbocycles. The molecule has 1 aromatic heterocycles. The highest BCUT2D eigenvalue weighted by molar-refractivity contribution is 6.31. The van der Waals surface area contributed by atoms with Gasteiger partial charge in [-0.05, 0) is 31.9 Å². The van der Waals surface area contributed by atoms with Crippen molar-refractivity contribution in [3.05, 3.63) is 45.6 Å². The molecule has 1 aliphatic heterocycles. The monoisotopic (exact) mass is 267 g/mol. The van der Waals surface area contributed by atoms with Crippen LogP contribution >= 0.6 is 0 Å². The number of amides is 1. The van der Waals surface area contributed by atoms with Crippen molar-refractivity contribution in [2.45, 2.75) is 33.6 Å². The highest BCUT2D eigenvalue weighted by Crippen LogP contribution is 2.17. The predicted molar refractivity (Wildman–Crippen MR) is 83.0 cm³/mol. The van der Waals surface area contributed by atoms with Crippen LogP contribution in [0.2, 0.25) is 0 Å². The van der Waals surface area contributed by atoms with Crippen LogP contribution in [0, 0.1) is 6.92 Å². The summed E-state index contributed by atoms with van der Waals surface area (Å²) >= 11 is 0. The molecule has 0 bridgehead atoms. The third-order valence-electron chi connectivity index (χ3n) is 3.68. The van der Waals surface area contributed by atoms with Gasteiger partial charge in [-0.3, -0.25) is 4.79 Å². The molecule has 0 radical (unpaired) electrons. The highest BCUT2D eigenvalue weighted by atomic mass is 16.1. The number of nitrogens with zero attached hydrogens (tertiary/aromatic N) is 1. The van der Waals surface area contributed by atoms with Gasteiger partial charge in [0.2, 0.25) is 0 Å². The first-order chi connectivity index (χ1) is 9.49. The first-order valence-corrected chi connectivity index (χ1v) is 6.77. The Morgan fingerprint density at radius 3 is 2.65 bits per heavy atom. The Morgan fingerprint density at radius 2 is 2.10 bits per heavy atom. The minimum Gasteiger partial charge on any atom is -0.312 e. The van der Waals surface area contributed by atoms with Crippen LogP contribution in [0.3, 0.4) is 0 Å². The molecule has 3 heteroatoms. The zero-order valence-electron chi connectivity index (χ0n) is 12.2. The Hall–Kier alpha value is -2.25. The number of aromatic amines is 1. The third-order valence-corrected chi connectivity index (χ3v) is 3.68. The normalized spacial score (nSPS) is 16.0. The lowest BCUT2D eigenvalue weighted by Gasteiger charge is -1.94. The van der Waals surface area contributed by atoms with Gasteiger partial charge in [0.15, 0.2) is 0 Å². The fraction of sp³-hybridized carbons (Fsp3) is 0.294. The van der Waals surface area contributed by atoms with Gasteiger partial charge in [-0.2, -0.15) is 0 Å². The van der Waals surface area contributed by atoms with E-state index in [4.69, 9.17) is 6.58 Å². The molecule has 1 aromatic rings. The molecule has 0 saturated heterocycles. The van der Waals surface area contributed by atoms with Crippen LogP contribution in [0.1, 0.15) is 31.4 Å². The number of aromatic nitrogens is 1. The number of rotatable bonds is 4. The van der Waals surface area contributed by atoms with E-state index in [1.807, 2.05) is 19.9 Å². The average molecular weight is 267 g/mol. The van der Waals surface area contributed by atoms with E-state index in [1.165, 1.54) is 0 Å². The Labute approximate surface area is 119 Å². The molecular formula is C17H19N2O+. The minimum absolute atomic E-state index is 0.227. The van der Waals surface area contributed by atoms with E-state index < -0.39 is 0 Å². The van der Waals surface area contributed by atoms with Crippen molar-refractivity contribution >= 4 is 24.3 Å². The summed E-state index contributed by atoms with van der Waals surface area (Å²) in [6.07, 6.45) is 5.43. The number of hydrogen-bond acceptors (Lipinski definition) is 1. The fourth-order valence-corrected chi connectivity index (χ4v) is 2.46. The summed E-state index contributed by atoms with van der Waals surface area (Å²) in [5.74, 6) is -0.227. The van der Waals surface area contributed by atoms with E-state index in [9.17, 15) is 4.79 Å². The largest absolute Gasteiger partial charge is 0.312 e. The molecule has 2 heterocycles. The van der Waals surface area contributed by atoms with Crippen LogP contribution in [-0.4, -0.2) is 16.6 Å². The van der Waals surface area contributed by atoms with Gasteiger partial charge in [-0.25, -0.2) is 4.99 Å². The number of aliphatic imine (C=N–C) groups is 1. The number of hydrogen-bond donors (Lipinski definition) is 1. The Balaban J connectivity index is 2.54. The van der Waals surface area contributed by atoms with Gasteiger partial charge in [-0.1, -0.05) is 19.6 Å². The van der Waals surface area contributed by atoms with E-state index in [0.29, 0.717) is 16.6 Å². The summed E-state index contributed by atoms with van der Waals surface area (Å²) in [6.45, 7) is 15.7. The fourth-order valence-electron chi connectivity index (χ4n) is 2.46. The van der Waals surface area contributed by atoms with Crippen molar-refractivity contribution < 1.29 is 4.79 Å². The topological polar surface area (TPSA) is 45.2 Å². The summed E-state index contributed by atoms with van der Waals surface area (Å²) in [5.41, 5.74) is 4.38. The van der Waals surface area contributed by atoms with Gasteiger partial charge in [0.1, 0.15) is 5.56 Å². The van der Waals surface area contributed by atoms with Gasteiger partial charge < -0.3 is 4.98 Å². The highest BCUT2D eigenvalue weighted by Gasteiger charge is 2.20. The quantitative estimate of drug-likeness (QED) is 0.831. The van der Waals surface area contributed by atoms with Crippen molar-refractivity contribution in [3.63, 3.8) is 0 Å². The van der Waals surface area contributed by atoms with Crippen LogP contribution in [0.5, 0.6) is 0 Å². The number of carbonyl (C=O) groups excluding carboxylic acids is 1. The zero-order chi connectivity index (χ0) is 14.9. The minimum atomic E-state index is -0.227. The molecular weight excluding hydrogens is 248 g/mol. The van der Waals surface area contributed by atoms with E-state index in [0.717, 1.165) is 34.9 Å². The standard InChI is InChI=1S/C17H18N2O/c1-6-8-14-11(4)15(18-12(14)5)9-16-10(3)13(7-2)17(20)19-16/h5,7,9H,2,6,8H2,1,3-4H3/p+1. The maximum atomic E-state index is 11.7. The van der Waals surface area contributed by atoms with Crippen LogP contribution in [0.4, 0.5) is 0 Å². The molecule has 2 rings (SSSR count). The molecule has 0 unspecified atom stereocenters. The Morgan fingerprint density at radius 1 is 1.40 bits per heavy atom. The van der Waals surface area contributed by atoms with Gasteiger partial charge in [0.05, 0.1) is 23.2 Å². The molecule has 0 fully saturated rings. The lowest BCUT2D eigenvalue weighted by molar-refractivity contribution is -0.113. The van der Waals surface area contributed by atoms with Crippen LogP contribution in [0.15, 0.2) is 28.8 Å². The summed E-state index contributed by atoms with van der Waals surface area (Å²) in [5, 5.41) is 1.62. The number of H-pyrrole nitrogens is 1. The van der Waals surface area contributed by atoms with E-state index >= 15 is 0 Å². The zero-order valence-corrected chi connectivity index (χ0v) is 12.2. The molecule has 1 aliphatic rings.